The number of methoxy groups -OCH3 is 1. The van der Waals surface area contributed by atoms with Crippen LogP contribution in [0.4, 0.5) is 0 Å². The van der Waals surface area contributed by atoms with Crippen molar-refractivity contribution in [2.75, 3.05) is 20.3 Å². The maximum atomic E-state index is 12.0. The van der Waals surface area contributed by atoms with Crippen molar-refractivity contribution in [3.8, 4) is 5.75 Å². The number of fused-ring (bicyclic) bond motifs is 1. The van der Waals surface area contributed by atoms with Crippen LogP contribution in [-0.2, 0) is 23.9 Å². The average Bonchev–Trinajstić information content (AvgIpc) is 2.73. The molecule has 150 valence electrons. The van der Waals surface area contributed by atoms with Crippen molar-refractivity contribution in [3.05, 3.63) is 42.5 Å². The van der Waals surface area contributed by atoms with Gasteiger partial charge in [0.15, 0.2) is 13.2 Å². The van der Waals surface area contributed by atoms with Gasteiger partial charge < -0.3 is 19.5 Å². The summed E-state index contributed by atoms with van der Waals surface area (Å²) < 4.78 is 15.0. The number of carbonyl (C=O) groups excluding carboxylic acids is 3. The van der Waals surface area contributed by atoms with Crippen molar-refractivity contribution >= 4 is 28.6 Å². The Morgan fingerprint density at radius 2 is 1.75 bits per heavy atom. The lowest BCUT2D eigenvalue weighted by Gasteiger charge is -2.21. The number of benzene rings is 2. The van der Waals surface area contributed by atoms with E-state index in [0.717, 1.165) is 10.8 Å². The van der Waals surface area contributed by atoms with Gasteiger partial charge in [-0.1, -0.05) is 50.6 Å². The molecule has 2 rings (SSSR count). The molecule has 28 heavy (non-hydrogen) atoms. The highest BCUT2D eigenvalue weighted by molar-refractivity contribution is 5.86. The van der Waals surface area contributed by atoms with Crippen LogP contribution < -0.4 is 10.1 Å². The van der Waals surface area contributed by atoms with E-state index in [1.165, 1.54) is 7.11 Å². The fraction of sp³-hybridized carbons (Fsp3) is 0.381. The second-order valence-corrected chi connectivity index (χ2v) is 6.41. The van der Waals surface area contributed by atoms with Crippen molar-refractivity contribution in [3.63, 3.8) is 0 Å². The summed E-state index contributed by atoms with van der Waals surface area (Å²) in [6.45, 7) is 2.91. The van der Waals surface area contributed by atoms with Gasteiger partial charge in [-0.05, 0) is 28.8 Å². The SMILES string of the molecule is CC[C@H](C)[C@@H](NC(=O)COC(=O)COc1ccc2ccccc2c1)C(=O)OC. The number of rotatable bonds is 9. The molecule has 1 N–H and O–H groups in total. The fourth-order valence-corrected chi connectivity index (χ4v) is 2.60. The summed E-state index contributed by atoms with van der Waals surface area (Å²) in [5.41, 5.74) is 0. The molecule has 1 amide bonds. The van der Waals surface area contributed by atoms with E-state index >= 15 is 0 Å². The lowest BCUT2D eigenvalue weighted by molar-refractivity contribution is -0.152. The fourth-order valence-electron chi connectivity index (χ4n) is 2.60. The van der Waals surface area contributed by atoms with Gasteiger partial charge in [0.25, 0.3) is 5.91 Å². The Balaban J connectivity index is 1.80. The Kier molecular flexibility index (Phi) is 7.80. The van der Waals surface area contributed by atoms with Gasteiger partial charge in [-0.3, -0.25) is 4.79 Å². The van der Waals surface area contributed by atoms with Gasteiger partial charge in [0.2, 0.25) is 0 Å². The summed E-state index contributed by atoms with van der Waals surface area (Å²) in [6, 6.07) is 12.5. The van der Waals surface area contributed by atoms with Gasteiger partial charge in [0.05, 0.1) is 7.11 Å². The van der Waals surface area contributed by atoms with Crippen LogP contribution in [0.15, 0.2) is 42.5 Å². The van der Waals surface area contributed by atoms with Crippen LogP contribution in [-0.4, -0.2) is 44.2 Å². The third kappa shape index (κ3) is 5.97. The average molecular weight is 387 g/mol. The summed E-state index contributed by atoms with van der Waals surface area (Å²) in [5.74, 6) is -1.36. The highest BCUT2D eigenvalue weighted by Gasteiger charge is 2.26. The summed E-state index contributed by atoms with van der Waals surface area (Å²) in [4.78, 5) is 35.6. The molecule has 0 aliphatic heterocycles. The van der Waals surface area contributed by atoms with Gasteiger partial charge in [0, 0.05) is 0 Å². The minimum Gasteiger partial charge on any atom is -0.482 e. The number of hydrogen-bond acceptors (Lipinski definition) is 6. The molecule has 2 atom stereocenters. The Hall–Kier alpha value is -3.09. The van der Waals surface area contributed by atoms with Crippen LogP contribution in [0.3, 0.4) is 0 Å². The van der Waals surface area contributed by atoms with Gasteiger partial charge in [-0.2, -0.15) is 0 Å². The van der Waals surface area contributed by atoms with Crippen molar-refractivity contribution in [1.82, 2.24) is 5.32 Å². The van der Waals surface area contributed by atoms with E-state index in [1.807, 2.05) is 50.2 Å². The van der Waals surface area contributed by atoms with Crippen molar-refractivity contribution in [2.45, 2.75) is 26.3 Å². The van der Waals surface area contributed by atoms with E-state index in [0.29, 0.717) is 12.2 Å². The van der Waals surface area contributed by atoms with Crippen molar-refractivity contribution < 1.29 is 28.6 Å². The predicted octanol–water partition coefficient (Wildman–Crippen LogP) is 2.47. The molecule has 2 aromatic rings. The molecule has 0 aliphatic carbocycles. The first-order valence-corrected chi connectivity index (χ1v) is 9.09. The molecule has 7 nitrogen and oxygen atoms in total. The van der Waals surface area contributed by atoms with Crippen LogP contribution in [0.25, 0.3) is 10.8 Å². The van der Waals surface area contributed by atoms with Gasteiger partial charge in [-0.25, -0.2) is 9.59 Å². The monoisotopic (exact) mass is 387 g/mol. The molecule has 0 aliphatic rings. The largest absolute Gasteiger partial charge is 0.482 e. The van der Waals surface area contributed by atoms with E-state index in [9.17, 15) is 14.4 Å². The molecule has 0 saturated carbocycles. The molecule has 0 saturated heterocycles. The third-order valence-electron chi connectivity index (χ3n) is 4.43. The Labute approximate surface area is 164 Å². The highest BCUT2D eigenvalue weighted by Crippen LogP contribution is 2.20. The van der Waals surface area contributed by atoms with Crippen molar-refractivity contribution in [1.29, 1.82) is 0 Å². The number of nitrogens with one attached hydrogen (secondary N) is 1. The molecule has 0 radical (unpaired) electrons. The van der Waals surface area contributed by atoms with Gasteiger partial charge >= 0.3 is 11.9 Å². The molecule has 0 fully saturated rings. The van der Waals surface area contributed by atoms with E-state index in [1.54, 1.807) is 6.07 Å². The molecule has 0 aromatic heterocycles. The smallest absolute Gasteiger partial charge is 0.344 e. The molecule has 0 bridgehead atoms. The molecule has 0 unspecified atom stereocenters. The minimum absolute atomic E-state index is 0.108. The molecular weight excluding hydrogens is 362 g/mol. The maximum Gasteiger partial charge on any atom is 0.344 e. The number of amides is 1. The highest BCUT2D eigenvalue weighted by atomic mass is 16.6. The van der Waals surface area contributed by atoms with Crippen LogP contribution in [0.1, 0.15) is 20.3 Å². The Morgan fingerprint density at radius 3 is 2.43 bits per heavy atom. The molecule has 0 heterocycles. The third-order valence-corrected chi connectivity index (χ3v) is 4.43. The van der Waals surface area contributed by atoms with Crippen LogP contribution in [0.5, 0.6) is 5.75 Å². The number of hydrogen-bond donors (Lipinski definition) is 1. The van der Waals surface area contributed by atoms with E-state index < -0.39 is 30.5 Å². The number of esters is 2. The van der Waals surface area contributed by atoms with Crippen LogP contribution in [0, 0.1) is 5.92 Å². The Morgan fingerprint density at radius 1 is 1.04 bits per heavy atom. The first kappa shape index (κ1) is 21.2. The van der Waals surface area contributed by atoms with Crippen molar-refractivity contribution in [2.24, 2.45) is 5.92 Å². The molecule has 7 heteroatoms. The molecule has 2 aromatic carbocycles. The standard InChI is InChI=1S/C21H25NO6/c1-4-14(2)20(21(25)26-3)22-18(23)12-28-19(24)13-27-17-10-9-15-7-5-6-8-16(15)11-17/h5-11,14,20H,4,12-13H2,1-3H3,(H,22,23)/t14-,20+/m0/s1. The summed E-state index contributed by atoms with van der Waals surface area (Å²) in [7, 11) is 1.26. The second kappa shape index (κ2) is 10.3. The topological polar surface area (TPSA) is 90.9 Å². The van der Waals surface area contributed by atoms with E-state index in [2.05, 4.69) is 5.32 Å². The number of carbonyl (C=O) groups is 3. The van der Waals surface area contributed by atoms with E-state index in [-0.39, 0.29) is 12.5 Å². The summed E-state index contributed by atoms with van der Waals surface area (Å²) >= 11 is 0. The normalized spacial score (nSPS) is 12.7. The van der Waals surface area contributed by atoms with Crippen LogP contribution >= 0.6 is 0 Å². The maximum absolute atomic E-state index is 12.0. The first-order chi connectivity index (χ1) is 13.4. The lowest BCUT2D eigenvalue weighted by atomic mass is 9.99. The van der Waals surface area contributed by atoms with E-state index in [4.69, 9.17) is 14.2 Å². The molecule has 0 spiro atoms. The summed E-state index contributed by atoms with van der Waals surface area (Å²) in [6.07, 6.45) is 0.680. The van der Waals surface area contributed by atoms with Gasteiger partial charge in [-0.15, -0.1) is 0 Å². The zero-order chi connectivity index (χ0) is 20.5. The second-order valence-electron chi connectivity index (χ2n) is 6.41. The zero-order valence-electron chi connectivity index (χ0n) is 16.3. The summed E-state index contributed by atoms with van der Waals surface area (Å²) in [5, 5.41) is 4.59. The molecular formula is C21H25NO6. The number of ether oxygens (including phenoxy) is 3. The Bertz CT molecular complexity index is 835. The quantitative estimate of drug-likeness (QED) is 0.665. The van der Waals surface area contributed by atoms with Crippen LogP contribution in [0.2, 0.25) is 0 Å². The minimum atomic E-state index is -0.782. The lowest BCUT2D eigenvalue weighted by Crippen LogP contribution is -2.47. The predicted molar refractivity (Wildman–Crippen MR) is 104 cm³/mol. The zero-order valence-corrected chi connectivity index (χ0v) is 16.3. The first-order valence-electron chi connectivity index (χ1n) is 9.09. The van der Waals surface area contributed by atoms with Gasteiger partial charge in [0.1, 0.15) is 11.8 Å².